The molecule has 0 bridgehead atoms. The lowest BCUT2D eigenvalue weighted by molar-refractivity contribution is -0.130. The smallest absolute Gasteiger partial charge is 0.265 e. The fraction of sp³-hybridized carbons (Fsp3) is 0.261. The van der Waals surface area contributed by atoms with Crippen molar-refractivity contribution in [3.05, 3.63) is 71.8 Å². The number of rotatable bonds is 6. The summed E-state index contributed by atoms with van der Waals surface area (Å²) in [5.74, 6) is 0.0119. The van der Waals surface area contributed by atoms with Gasteiger partial charge in [-0.3, -0.25) is 9.10 Å². The highest BCUT2D eigenvalue weighted by Gasteiger charge is 2.35. The van der Waals surface area contributed by atoms with Gasteiger partial charge in [0.25, 0.3) is 10.0 Å². The number of hydrogen-bond acceptors (Lipinski definition) is 3. The summed E-state index contributed by atoms with van der Waals surface area (Å²) in [6.07, 6.45) is 0.779. The van der Waals surface area contributed by atoms with Crippen molar-refractivity contribution in [2.24, 2.45) is 0 Å². The minimum absolute atomic E-state index is 0.0119. The average molecular weight is 409 g/mol. The molecule has 150 valence electrons. The van der Waals surface area contributed by atoms with E-state index in [-0.39, 0.29) is 5.91 Å². The Balaban J connectivity index is 1.41. The summed E-state index contributed by atoms with van der Waals surface area (Å²) < 4.78 is 27.4. The maximum absolute atomic E-state index is 13.0. The van der Waals surface area contributed by atoms with Crippen LogP contribution in [0.15, 0.2) is 65.6 Å². The second-order valence-corrected chi connectivity index (χ2v) is 9.38. The molecule has 5 nitrogen and oxygen atoms in total. The fourth-order valence-corrected chi connectivity index (χ4v) is 5.57. The van der Waals surface area contributed by atoms with Crippen molar-refractivity contribution in [2.75, 3.05) is 17.9 Å². The van der Waals surface area contributed by atoms with E-state index in [4.69, 9.17) is 0 Å². The molecule has 0 aliphatic carbocycles. The van der Waals surface area contributed by atoms with Crippen LogP contribution in [0.3, 0.4) is 0 Å². The summed E-state index contributed by atoms with van der Waals surface area (Å²) in [5, 5.41) is 1.69. The number of aryl methyl sites for hydroxylation is 1. The molecular weight excluding hydrogens is 384 g/mol. The Kier molecular flexibility index (Phi) is 5.04. The Morgan fingerprint density at radius 2 is 1.69 bits per heavy atom. The van der Waals surface area contributed by atoms with Gasteiger partial charge in [0.1, 0.15) is 0 Å². The number of amides is 1. The second kappa shape index (κ2) is 7.52. The largest absolute Gasteiger partial charge is 0.341 e. The van der Waals surface area contributed by atoms with Gasteiger partial charge in [-0.1, -0.05) is 54.1 Å². The molecule has 0 atom stereocenters. The molecule has 0 N–H and O–H groups in total. The van der Waals surface area contributed by atoms with Crippen LogP contribution in [0, 0.1) is 6.92 Å². The van der Waals surface area contributed by atoms with Crippen molar-refractivity contribution in [3.63, 3.8) is 0 Å². The monoisotopic (exact) mass is 408 g/mol. The van der Waals surface area contributed by atoms with E-state index in [1.54, 1.807) is 24.1 Å². The summed E-state index contributed by atoms with van der Waals surface area (Å²) in [6, 6.07) is 19.1. The standard InChI is InChI=1S/C23H24N2O3S/c1-17-11-13-18(14-12-17)16-24(2)22(26)10-5-15-25-20-8-3-6-19-7-4-9-21(23(19)20)29(25,27)28/h3-4,6-9,11-14H,5,10,15-16H2,1-2H3. The molecule has 4 rings (SSSR count). The highest BCUT2D eigenvalue weighted by Crippen LogP contribution is 2.41. The van der Waals surface area contributed by atoms with Crippen LogP contribution in [-0.4, -0.2) is 32.8 Å². The zero-order valence-corrected chi connectivity index (χ0v) is 17.4. The number of hydrogen-bond donors (Lipinski definition) is 0. The first-order valence-corrected chi connectivity index (χ1v) is 11.2. The third-order valence-corrected chi connectivity index (χ3v) is 7.25. The molecule has 0 saturated heterocycles. The first kappa shape index (κ1) is 19.5. The molecule has 0 unspecified atom stereocenters. The second-order valence-electron chi connectivity index (χ2n) is 7.55. The van der Waals surface area contributed by atoms with Crippen LogP contribution in [0.5, 0.6) is 0 Å². The van der Waals surface area contributed by atoms with Crippen molar-refractivity contribution in [3.8, 4) is 0 Å². The van der Waals surface area contributed by atoms with Crippen molar-refractivity contribution < 1.29 is 13.2 Å². The number of nitrogens with zero attached hydrogens (tertiary/aromatic N) is 2. The number of sulfonamides is 1. The van der Waals surface area contributed by atoms with E-state index in [1.165, 1.54) is 9.87 Å². The third kappa shape index (κ3) is 3.60. The van der Waals surface area contributed by atoms with E-state index in [1.807, 2.05) is 55.5 Å². The first-order valence-electron chi connectivity index (χ1n) is 9.72. The predicted octanol–water partition coefficient (Wildman–Crippen LogP) is 4.10. The molecule has 1 aliphatic rings. The van der Waals surface area contributed by atoms with Crippen LogP contribution in [0.1, 0.15) is 24.0 Å². The van der Waals surface area contributed by atoms with Crippen LogP contribution < -0.4 is 4.31 Å². The summed E-state index contributed by atoms with van der Waals surface area (Å²) in [5.41, 5.74) is 2.97. The van der Waals surface area contributed by atoms with Crippen LogP contribution in [0.25, 0.3) is 10.8 Å². The highest BCUT2D eigenvalue weighted by molar-refractivity contribution is 7.93. The SMILES string of the molecule is Cc1ccc(CN(C)C(=O)CCCN2c3cccc4cccc(c34)S2(=O)=O)cc1. The zero-order valence-electron chi connectivity index (χ0n) is 16.6. The number of carbonyl (C=O) groups is 1. The Hall–Kier alpha value is -2.86. The molecule has 0 fully saturated rings. The van der Waals surface area contributed by atoms with E-state index in [0.717, 1.165) is 16.3 Å². The van der Waals surface area contributed by atoms with Gasteiger partial charge >= 0.3 is 0 Å². The fourth-order valence-electron chi connectivity index (χ4n) is 3.82. The van der Waals surface area contributed by atoms with Gasteiger partial charge in [0.05, 0.1) is 10.6 Å². The van der Waals surface area contributed by atoms with E-state index in [9.17, 15) is 13.2 Å². The van der Waals surface area contributed by atoms with Crippen molar-refractivity contribution >= 4 is 32.4 Å². The summed E-state index contributed by atoms with van der Waals surface area (Å²) in [6.45, 7) is 2.87. The van der Waals surface area contributed by atoms with Gasteiger partial charge in [0.15, 0.2) is 0 Å². The van der Waals surface area contributed by atoms with Gasteiger partial charge in [-0.25, -0.2) is 8.42 Å². The van der Waals surface area contributed by atoms with Gasteiger partial charge in [0.2, 0.25) is 5.91 Å². The van der Waals surface area contributed by atoms with Crippen LogP contribution in [0.2, 0.25) is 0 Å². The molecular formula is C23H24N2O3S. The average Bonchev–Trinajstić information content (AvgIpc) is 2.93. The molecule has 0 radical (unpaired) electrons. The van der Waals surface area contributed by atoms with Crippen molar-refractivity contribution in [1.29, 1.82) is 0 Å². The molecule has 0 saturated carbocycles. The maximum atomic E-state index is 13.0. The van der Waals surface area contributed by atoms with Gasteiger partial charge in [-0.2, -0.15) is 0 Å². The maximum Gasteiger partial charge on any atom is 0.265 e. The number of benzene rings is 3. The van der Waals surface area contributed by atoms with Crippen LogP contribution in [0.4, 0.5) is 5.69 Å². The lowest BCUT2D eigenvalue weighted by Gasteiger charge is -2.20. The molecule has 1 heterocycles. The normalized spacial score (nSPS) is 14.3. The molecule has 6 heteroatoms. The molecule has 29 heavy (non-hydrogen) atoms. The molecule has 1 amide bonds. The Bertz CT molecular complexity index is 1170. The molecule has 3 aromatic rings. The zero-order chi connectivity index (χ0) is 20.6. The van der Waals surface area contributed by atoms with E-state index >= 15 is 0 Å². The van der Waals surface area contributed by atoms with Gasteiger partial charge in [-0.15, -0.1) is 0 Å². The van der Waals surface area contributed by atoms with Gasteiger partial charge < -0.3 is 4.90 Å². The Morgan fingerprint density at radius 3 is 2.41 bits per heavy atom. The van der Waals surface area contributed by atoms with E-state index < -0.39 is 10.0 Å². The quantitative estimate of drug-likeness (QED) is 0.617. The highest BCUT2D eigenvalue weighted by atomic mass is 32.2. The lowest BCUT2D eigenvalue weighted by Crippen LogP contribution is -2.30. The number of anilines is 1. The van der Waals surface area contributed by atoms with Crippen LogP contribution >= 0.6 is 0 Å². The lowest BCUT2D eigenvalue weighted by atomic mass is 10.1. The molecule has 0 aromatic heterocycles. The van der Waals surface area contributed by atoms with E-state index in [0.29, 0.717) is 36.5 Å². The predicted molar refractivity (Wildman–Crippen MR) is 115 cm³/mol. The molecule has 1 aliphatic heterocycles. The van der Waals surface area contributed by atoms with Crippen molar-refractivity contribution in [1.82, 2.24) is 4.90 Å². The van der Waals surface area contributed by atoms with E-state index in [2.05, 4.69) is 0 Å². The third-order valence-electron chi connectivity index (χ3n) is 5.40. The van der Waals surface area contributed by atoms with Crippen molar-refractivity contribution in [2.45, 2.75) is 31.2 Å². The van der Waals surface area contributed by atoms with Crippen LogP contribution in [-0.2, 0) is 21.4 Å². The van der Waals surface area contributed by atoms with Gasteiger partial charge in [0, 0.05) is 31.9 Å². The Morgan fingerprint density at radius 1 is 1.00 bits per heavy atom. The Labute approximate surface area is 171 Å². The molecule has 3 aromatic carbocycles. The summed E-state index contributed by atoms with van der Waals surface area (Å²) in [4.78, 5) is 14.6. The summed E-state index contributed by atoms with van der Waals surface area (Å²) >= 11 is 0. The number of carbonyl (C=O) groups excluding carboxylic acids is 1. The minimum atomic E-state index is -3.56. The topological polar surface area (TPSA) is 57.7 Å². The minimum Gasteiger partial charge on any atom is -0.341 e. The first-order chi connectivity index (χ1) is 13.9. The summed E-state index contributed by atoms with van der Waals surface area (Å²) in [7, 11) is -1.78. The molecule has 0 spiro atoms. The van der Waals surface area contributed by atoms with Gasteiger partial charge in [-0.05, 0) is 36.4 Å².